The van der Waals surface area contributed by atoms with Crippen molar-refractivity contribution in [1.82, 2.24) is 16.0 Å². The van der Waals surface area contributed by atoms with Crippen molar-refractivity contribution in [3.8, 4) is 0 Å². The van der Waals surface area contributed by atoms with Crippen molar-refractivity contribution in [3.05, 3.63) is 0 Å². The molecule has 0 aliphatic rings. The molecule has 0 aliphatic heterocycles. The van der Waals surface area contributed by atoms with Gasteiger partial charge in [-0.2, -0.15) is 12.6 Å². The Bertz CT molecular complexity index is 602. The van der Waals surface area contributed by atoms with Crippen LogP contribution in [0.5, 0.6) is 0 Å². The van der Waals surface area contributed by atoms with E-state index in [0.29, 0.717) is 6.42 Å². The van der Waals surface area contributed by atoms with Crippen LogP contribution in [0.4, 0.5) is 0 Å². The Morgan fingerprint density at radius 3 is 2.00 bits per heavy atom. The summed E-state index contributed by atoms with van der Waals surface area (Å²) in [5, 5.41) is 16.1. The van der Waals surface area contributed by atoms with Crippen LogP contribution in [0.2, 0.25) is 0 Å². The van der Waals surface area contributed by atoms with Crippen molar-refractivity contribution in [3.63, 3.8) is 0 Å². The number of nitrogens with two attached hydrogens (primary N) is 2. The summed E-state index contributed by atoms with van der Waals surface area (Å²) in [6.45, 7) is 4.90. The number of rotatable bonds is 12. The molecule has 8 N–H and O–H groups in total. The number of aliphatic carboxylic acids is 1. The number of thiol groups is 1. The first-order chi connectivity index (χ1) is 12.9. The largest absolute Gasteiger partial charge is 0.480 e. The highest BCUT2D eigenvalue weighted by Crippen LogP contribution is 2.09. The molecule has 0 fully saturated rings. The van der Waals surface area contributed by atoms with Crippen LogP contribution < -0.4 is 27.4 Å². The van der Waals surface area contributed by atoms with Gasteiger partial charge in [-0.15, -0.1) is 0 Å². The van der Waals surface area contributed by atoms with E-state index in [2.05, 4.69) is 28.6 Å². The fourth-order valence-corrected chi connectivity index (χ4v) is 2.37. The quantitative estimate of drug-likeness (QED) is 0.173. The van der Waals surface area contributed by atoms with Crippen molar-refractivity contribution in [2.75, 3.05) is 5.75 Å². The third-order valence-corrected chi connectivity index (χ3v) is 4.47. The van der Waals surface area contributed by atoms with Crippen LogP contribution in [0.15, 0.2) is 0 Å². The van der Waals surface area contributed by atoms with Gasteiger partial charge >= 0.3 is 5.97 Å². The van der Waals surface area contributed by atoms with Gasteiger partial charge < -0.3 is 32.5 Å². The fourth-order valence-electron chi connectivity index (χ4n) is 2.12. The Labute approximate surface area is 168 Å². The van der Waals surface area contributed by atoms with E-state index in [0.717, 1.165) is 0 Å². The number of nitrogens with one attached hydrogen (secondary N) is 3. The minimum absolute atomic E-state index is 0.120. The lowest BCUT2D eigenvalue weighted by atomic mass is 9.97. The molecule has 0 spiro atoms. The van der Waals surface area contributed by atoms with Gasteiger partial charge in [0.05, 0.1) is 12.5 Å². The number of amides is 4. The molecule has 0 aromatic rings. The van der Waals surface area contributed by atoms with Gasteiger partial charge in [0.2, 0.25) is 23.6 Å². The van der Waals surface area contributed by atoms with Crippen LogP contribution in [0.25, 0.3) is 0 Å². The predicted molar refractivity (Wildman–Crippen MR) is 104 cm³/mol. The van der Waals surface area contributed by atoms with Gasteiger partial charge in [-0.25, -0.2) is 4.79 Å². The fraction of sp³-hybridized carbons (Fsp3) is 0.688. The van der Waals surface area contributed by atoms with Gasteiger partial charge in [0.1, 0.15) is 18.1 Å². The van der Waals surface area contributed by atoms with Crippen LogP contribution in [0.1, 0.15) is 33.6 Å². The van der Waals surface area contributed by atoms with Gasteiger partial charge in [-0.05, 0) is 12.8 Å². The molecule has 0 aromatic carbocycles. The number of hydrogen-bond donors (Lipinski definition) is 7. The zero-order chi connectivity index (χ0) is 22.0. The highest BCUT2D eigenvalue weighted by Gasteiger charge is 2.31. The maximum atomic E-state index is 12.6. The highest BCUT2D eigenvalue weighted by atomic mass is 32.1. The third kappa shape index (κ3) is 8.57. The molecule has 160 valence electrons. The first-order valence-electron chi connectivity index (χ1n) is 8.73. The van der Waals surface area contributed by atoms with Gasteiger partial charge in [-0.1, -0.05) is 20.3 Å². The smallest absolute Gasteiger partial charge is 0.327 e. The number of carbonyl (C=O) groups is 5. The van der Waals surface area contributed by atoms with Crippen LogP contribution in [-0.4, -0.2) is 64.6 Å². The first kappa shape index (κ1) is 25.7. The van der Waals surface area contributed by atoms with E-state index in [9.17, 15) is 24.0 Å². The second-order valence-electron chi connectivity index (χ2n) is 6.46. The molecule has 12 heteroatoms. The van der Waals surface area contributed by atoms with E-state index in [1.54, 1.807) is 13.8 Å². The van der Waals surface area contributed by atoms with Gasteiger partial charge in [0.15, 0.2) is 0 Å². The van der Waals surface area contributed by atoms with Gasteiger partial charge in [0.25, 0.3) is 0 Å². The summed E-state index contributed by atoms with van der Waals surface area (Å²) in [5.74, 6) is -4.51. The van der Waals surface area contributed by atoms with Crippen LogP contribution >= 0.6 is 12.6 Å². The van der Waals surface area contributed by atoms with Gasteiger partial charge in [0, 0.05) is 5.75 Å². The van der Waals surface area contributed by atoms with Crippen LogP contribution in [0.3, 0.4) is 0 Å². The number of carboxylic acid groups (broad SMARTS) is 1. The second-order valence-corrected chi connectivity index (χ2v) is 6.83. The van der Waals surface area contributed by atoms with E-state index in [1.807, 2.05) is 0 Å². The highest BCUT2D eigenvalue weighted by molar-refractivity contribution is 7.80. The number of carboxylic acids is 1. The Balaban J connectivity index is 5.06. The topological polar surface area (TPSA) is 194 Å². The van der Waals surface area contributed by atoms with Crippen LogP contribution in [0, 0.1) is 5.92 Å². The molecule has 0 radical (unpaired) electrons. The zero-order valence-corrected chi connectivity index (χ0v) is 17.0. The minimum Gasteiger partial charge on any atom is -0.480 e. The molecule has 0 aliphatic carbocycles. The van der Waals surface area contributed by atoms with Crippen molar-refractivity contribution in [2.24, 2.45) is 17.4 Å². The summed E-state index contributed by atoms with van der Waals surface area (Å²) in [4.78, 5) is 58.6. The lowest BCUT2D eigenvalue weighted by Crippen LogP contribution is -2.58. The summed E-state index contributed by atoms with van der Waals surface area (Å²) in [7, 11) is 0. The van der Waals surface area contributed by atoms with Gasteiger partial charge in [-0.3, -0.25) is 19.2 Å². The maximum absolute atomic E-state index is 12.6. The number of carbonyl (C=O) groups excluding carboxylic acids is 4. The molecule has 0 aromatic heterocycles. The molecule has 5 unspecified atom stereocenters. The van der Waals surface area contributed by atoms with E-state index < -0.39 is 53.8 Å². The predicted octanol–water partition coefficient (Wildman–Crippen LogP) is -2.28. The normalized spacial score (nSPS) is 16.0. The monoisotopic (exact) mass is 419 g/mol. The molecular weight excluding hydrogens is 390 g/mol. The van der Waals surface area contributed by atoms with Crippen molar-refractivity contribution >= 4 is 42.2 Å². The standard InChI is InChI=1S/C16H29N5O6S/c1-4-7(2)12(21-14(24)9(17)5-11(18)22)15(25)19-8(3)13(23)20-10(6-28)16(26)27/h7-10,12,28H,4-6,17H2,1-3H3,(H2,18,22)(H,19,25)(H,20,23)(H,21,24)(H,26,27). The molecule has 5 atom stereocenters. The second kappa shape index (κ2) is 12.2. The molecule has 0 saturated heterocycles. The molecule has 11 nitrogen and oxygen atoms in total. The van der Waals surface area contributed by atoms with E-state index in [1.165, 1.54) is 6.92 Å². The number of primary amides is 1. The first-order valence-corrected chi connectivity index (χ1v) is 9.36. The lowest BCUT2D eigenvalue weighted by molar-refractivity contribution is -0.141. The Hall–Kier alpha value is -2.34. The van der Waals surface area contributed by atoms with Crippen molar-refractivity contribution in [1.29, 1.82) is 0 Å². The average molecular weight is 420 g/mol. The molecule has 28 heavy (non-hydrogen) atoms. The third-order valence-electron chi connectivity index (χ3n) is 4.10. The summed E-state index contributed by atoms with van der Waals surface area (Å²) in [6.07, 6.45) is 0.157. The maximum Gasteiger partial charge on any atom is 0.327 e. The summed E-state index contributed by atoms with van der Waals surface area (Å²) in [5.41, 5.74) is 10.6. The molecular formula is C16H29N5O6S. The SMILES string of the molecule is CCC(C)C(NC(=O)C(N)CC(N)=O)C(=O)NC(C)C(=O)NC(CS)C(=O)O. The summed E-state index contributed by atoms with van der Waals surface area (Å²) < 4.78 is 0. The number of hydrogen-bond acceptors (Lipinski definition) is 7. The summed E-state index contributed by atoms with van der Waals surface area (Å²) >= 11 is 3.85. The molecule has 0 bridgehead atoms. The lowest BCUT2D eigenvalue weighted by Gasteiger charge is -2.26. The van der Waals surface area contributed by atoms with Crippen molar-refractivity contribution in [2.45, 2.75) is 57.8 Å². The molecule has 0 heterocycles. The van der Waals surface area contributed by atoms with E-state index >= 15 is 0 Å². The Morgan fingerprint density at radius 1 is 1.00 bits per heavy atom. The zero-order valence-electron chi connectivity index (χ0n) is 16.1. The summed E-state index contributed by atoms with van der Waals surface area (Å²) in [6, 6.07) is -4.47. The van der Waals surface area contributed by atoms with Crippen LogP contribution in [-0.2, 0) is 24.0 Å². The molecule has 0 rings (SSSR count). The molecule has 0 saturated carbocycles. The average Bonchev–Trinajstić information content (AvgIpc) is 2.61. The molecule has 4 amide bonds. The minimum atomic E-state index is -1.25. The Morgan fingerprint density at radius 2 is 1.57 bits per heavy atom. The Kier molecular flexibility index (Phi) is 11.2. The van der Waals surface area contributed by atoms with Crippen molar-refractivity contribution < 1.29 is 29.1 Å². The van der Waals surface area contributed by atoms with E-state index in [-0.39, 0.29) is 18.1 Å². The van der Waals surface area contributed by atoms with E-state index in [4.69, 9.17) is 16.6 Å².